The third-order valence-corrected chi connectivity index (χ3v) is 3.62. The Balaban J connectivity index is 1.84. The Labute approximate surface area is 121 Å². The number of hydrazine groups is 1. The molecule has 6 heteroatoms. The Morgan fingerprint density at radius 2 is 1.81 bits per heavy atom. The Morgan fingerprint density at radius 1 is 1.00 bits per heavy atom. The van der Waals surface area contributed by atoms with E-state index in [9.17, 15) is 0 Å². The normalized spacial score (nSPS) is 14.3. The van der Waals surface area contributed by atoms with Gasteiger partial charge in [-0.2, -0.15) is 0 Å². The molecular formula is C15H14N6. The van der Waals surface area contributed by atoms with Crippen LogP contribution in [0.1, 0.15) is 24.5 Å². The molecule has 3 N–H and O–H groups in total. The molecule has 0 atom stereocenters. The summed E-state index contributed by atoms with van der Waals surface area (Å²) in [5, 5.41) is 0. The van der Waals surface area contributed by atoms with Gasteiger partial charge in [-0.15, -0.1) is 0 Å². The summed E-state index contributed by atoms with van der Waals surface area (Å²) in [6.07, 6.45) is 5.73. The summed E-state index contributed by atoms with van der Waals surface area (Å²) in [5.41, 5.74) is 6.27. The van der Waals surface area contributed by atoms with Gasteiger partial charge in [0, 0.05) is 35.6 Å². The van der Waals surface area contributed by atoms with Gasteiger partial charge in [0.05, 0.1) is 11.0 Å². The van der Waals surface area contributed by atoms with Gasteiger partial charge in [-0.25, -0.2) is 15.8 Å². The Bertz CT molecular complexity index is 812. The first-order valence-electron chi connectivity index (χ1n) is 6.90. The number of benzene rings is 1. The molecule has 104 valence electrons. The van der Waals surface area contributed by atoms with E-state index in [1.54, 1.807) is 12.4 Å². The van der Waals surface area contributed by atoms with Crippen LogP contribution in [-0.2, 0) is 0 Å². The fraction of sp³-hybridized carbons (Fsp3) is 0.200. The van der Waals surface area contributed by atoms with Crippen molar-refractivity contribution in [2.75, 3.05) is 5.43 Å². The van der Waals surface area contributed by atoms with Gasteiger partial charge in [0.1, 0.15) is 5.82 Å². The zero-order valence-electron chi connectivity index (χ0n) is 11.3. The lowest BCUT2D eigenvalue weighted by atomic mass is 10.1. The van der Waals surface area contributed by atoms with E-state index in [1.165, 1.54) is 12.8 Å². The van der Waals surface area contributed by atoms with E-state index in [4.69, 9.17) is 5.84 Å². The summed E-state index contributed by atoms with van der Waals surface area (Å²) < 4.78 is 0. The number of aromatic nitrogens is 4. The van der Waals surface area contributed by atoms with Crippen LogP contribution in [0.25, 0.3) is 22.4 Å². The zero-order chi connectivity index (χ0) is 14.2. The molecule has 0 saturated heterocycles. The molecule has 0 spiro atoms. The Kier molecular flexibility index (Phi) is 2.75. The molecule has 21 heavy (non-hydrogen) atoms. The van der Waals surface area contributed by atoms with Gasteiger partial charge in [-0.3, -0.25) is 9.97 Å². The van der Waals surface area contributed by atoms with Crippen molar-refractivity contribution >= 4 is 16.9 Å². The van der Waals surface area contributed by atoms with E-state index in [1.807, 2.05) is 24.3 Å². The fourth-order valence-corrected chi connectivity index (χ4v) is 2.36. The van der Waals surface area contributed by atoms with E-state index in [2.05, 4.69) is 25.4 Å². The molecule has 1 aliphatic rings. The number of anilines is 1. The van der Waals surface area contributed by atoms with Crippen LogP contribution in [0.2, 0.25) is 0 Å². The van der Waals surface area contributed by atoms with Crippen molar-refractivity contribution in [2.45, 2.75) is 18.8 Å². The molecule has 0 aliphatic heterocycles. The number of nitrogens with one attached hydrogen (secondary N) is 1. The average molecular weight is 278 g/mol. The van der Waals surface area contributed by atoms with Crippen LogP contribution in [0.4, 0.5) is 5.82 Å². The molecule has 1 aromatic carbocycles. The topological polar surface area (TPSA) is 89.6 Å². The first kappa shape index (κ1) is 12.2. The second-order valence-electron chi connectivity index (χ2n) is 5.18. The zero-order valence-corrected chi connectivity index (χ0v) is 11.3. The molecule has 0 radical (unpaired) electrons. The summed E-state index contributed by atoms with van der Waals surface area (Å²) in [7, 11) is 0. The molecule has 3 aromatic rings. The quantitative estimate of drug-likeness (QED) is 0.564. The van der Waals surface area contributed by atoms with Crippen molar-refractivity contribution in [1.29, 1.82) is 0 Å². The number of fused-ring (bicyclic) bond motifs is 1. The van der Waals surface area contributed by atoms with Gasteiger partial charge in [-0.05, 0) is 31.0 Å². The van der Waals surface area contributed by atoms with Crippen molar-refractivity contribution in [3.8, 4) is 11.4 Å². The van der Waals surface area contributed by atoms with Gasteiger partial charge in [-0.1, -0.05) is 0 Å². The predicted octanol–water partition coefficient (Wildman–Crippen LogP) is 2.25. The highest BCUT2D eigenvalue weighted by Crippen LogP contribution is 2.40. The molecule has 2 aromatic heterocycles. The second kappa shape index (κ2) is 4.75. The first-order valence-corrected chi connectivity index (χ1v) is 6.90. The fourth-order valence-electron chi connectivity index (χ4n) is 2.36. The first-order chi connectivity index (χ1) is 10.3. The van der Waals surface area contributed by atoms with Gasteiger partial charge in [0.25, 0.3) is 0 Å². The van der Waals surface area contributed by atoms with Gasteiger partial charge >= 0.3 is 0 Å². The van der Waals surface area contributed by atoms with Crippen LogP contribution in [0.5, 0.6) is 0 Å². The maximum Gasteiger partial charge on any atom is 0.161 e. The van der Waals surface area contributed by atoms with Crippen LogP contribution in [0, 0.1) is 0 Å². The molecule has 1 fully saturated rings. The van der Waals surface area contributed by atoms with E-state index < -0.39 is 0 Å². The summed E-state index contributed by atoms with van der Waals surface area (Å²) in [6, 6.07) is 7.76. The highest BCUT2D eigenvalue weighted by Gasteiger charge is 2.26. The minimum Gasteiger partial charge on any atom is -0.308 e. The van der Waals surface area contributed by atoms with Crippen LogP contribution >= 0.6 is 0 Å². The maximum absolute atomic E-state index is 5.51. The molecule has 1 aliphatic carbocycles. The highest BCUT2D eigenvalue weighted by atomic mass is 15.3. The SMILES string of the molecule is NNc1cc(C2CC2)nc(-c2ccc3nccnc3c2)n1. The van der Waals surface area contributed by atoms with E-state index in [0.29, 0.717) is 17.6 Å². The number of rotatable bonds is 3. The van der Waals surface area contributed by atoms with Crippen molar-refractivity contribution in [1.82, 2.24) is 19.9 Å². The predicted molar refractivity (Wildman–Crippen MR) is 80.3 cm³/mol. The lowest BCUT2D eigenvalue weighted by Gasteiger charge is -2.07. The van der Waals surface area contributed by atoms with Crippen molar-refractivity contribution in [3.63, 3.8) is 0 Å². The number of nitrogens with zero attached hydrogens (tertiary/aromatic N) is 4. The maximum atomic E-state index is 5.51. The minimum atomic E-state index is 0.541. The number of nitrogen functional groups attached to an aromatic ring is 1. The van der Waals surface area contributed by atoms with E-state index in [-0.39, 0.29) is 0 Å². The van der Waals surface area contributed by atoms with Crippen LogP contribution < -0.4 is 11.3 Å². The highest BCUT2D eigenvalue weighted by molar-refractivity contribution is 5.79. The number of nitrogens with two attached hydrogens (primary N) is 1. The third-order valence-electron chi connectivity index (χ3n) is 3.62. The minimum absolute atomic E-state index is 0.541. The molecule has 0 bridgehead atoms. The van der Waals surface area contributed by atoms with E-state index in [0.717, 1.165) is 22.3 Å². The van der Waals surface area contributed by atoms with Gasteiger partial charge in [0.2, 0.25) is 0 Å². The second-order valence-corrected chi connectivity index (χ2v) is 5.18. The smallest absolute Gasteiger partial charge is 0.161 e. The Hall–Kier alpha value is -2.60. The molecule has 0 amide bonds. The van der Waals surface area contributed by atoms with E-state index >= 15 is 0 Å². The van der Waals surface area contributed by atoms with Crippen molar-refractivity contribution in [3.05, 3.63) is 42.4 Å². The number of hydrogen-bond acceptors (Lipinski definition) is 6. The van der Waals surface area contributed by atoms with Crippen LogP contribution in [-0.4, -0.2) is 19.9 Å². The lowest BCUT2D eigenvalue weighted by molar-refractivity contribution is 0.991. The van der Waals surface area contributed by atoms with Crippen LogP contribution in [0.3, 0.4) is 0 Å². The molecule has 1 saturated carbocycles. The number of hydrogen-bond donors (Lipinski definition) is 2. The standard InChI is InChI=1S/C15H14N6/c16-21-14-8-12(9-1-2-9)19-15(20-14)10-3-4-11-13(7-10)18-6-5-17-11/h3-9H,1-2,16H2,(H,19,20,21). The molecular weight excluding hydrogens is 264 g/mol. The Morgan fingerprint density at radius 3 is 2.57 bits per heavy atom. The summed E-state index contributed by atoms with van der Waals surface area (Å²) in [6.45, 7) is 0. The molecule has 6 nitrogen and oxygen atoms in total. The van der Waals surface area contributed by atoms with Gasteiger partial charge in [0.15, 0.2) is 5.82 Å². The molecule has 2 heterocycles. The van der Waals surface area contributed by atoms with Crippen molar-refractivity contribution < 1.29 is 0 Å². The van der Waals surface area contributed by atoms with Gasteiger partial charge < -0.3 is 5.43 Å². The van der Waals surface area contributed by atoms with Crippen LogP contribution in [0.15, 0.2) is 36.7 Å². The monoisotopic (exact) mass is 278 g/mol. The summed E-state index contributed by atoms with van der Waals surface area (Å²) >= 11 is 0. The average Bonchev–Trinajstić information content (AvgIpc) is 3.39. The summed E-state index contributed by atoms with van der Waals surface area (Å²) in [4.78, 5) is 17.7. The lowest BCUT2D eigenvalue weighted by Crippen LogP contribution is -2.10. The molecule has 4 rings (SSSR count). The summed E-state index contributed by atoms with van der Waals surface area (Å²) in [5.74, 6) is 7.36. The third kappa shape index (κ3) is 2.30. The van der Waals surface area contributed by atoms with Crippen molar-refractivity contribution in [2.24, 2.45) is 5.84 Å². The molecule has 0 unspecified atom stereocenters. The largest absolute Gasteiger partial charge is 0.308 e.